The third-order valence-electron chi connectivity index (χ3n) is 6.78. The van der Waals surface area contributed by atoms with Gasteiger partial charge in [-0.25, -0.2) is 4.79 Å². The van der Waals surface area contributed by atoms with Crippen LogP contribution in [0.1, 0.15) is 47.0 Å². The van der Waals surface area contributed by atoms with Crippen molar-refractivity contribution in [1.29, 1.82) is 0 Å². The highest BCUT2D eigenvalue weighted by molar-refractivity contribution is 5.95. The number of hydrogen-bond acceptors (Lipinski definition) is 8. The normalized spacial score (nSPS) is 14.9. The Kier molecular flexibility index (Phi) is 7.33. The Morgan fingerprint density at radius 2 is 1.88 bits per heavy atom. The lowest BCUT2D eigenvalue weighted by atomic mass is 9.79. The second-order valence-corrected chi connectivity index (χ2v) is 9.18. The minimum atomic E-state index is -0.732. The zero-order valence-corrected chi connectivity index (χ0v) is 22.5. The summed E-state index contributed by atoms with van der Waals surface area (Å²) in [6.45, 7) is 3.74. The van der Waals surface area contributed by atoms with Crippen molar-refractivity contribution >= 4 is 24.4 Å². The summed E-state index contributed by atoms with van der Waals surface area (Å²) in [4.78, 5) is 24.4. The SMILES string of the molecule is CCOC(=O)C1=C(C)C=c2oc(=Cc3ccc(-c4cccc(C=O)c4)o3)c(O)c2C1c1ccc(OC)cc1OC. The summed E-state index contributed by atoms with van der Waals surface area (Å²) in [5, 5.41) is 11.5. The maximum atomic E-state index is 13.2. The predicted octanol–water partition coefficient (Wildman–Crippen LogP) is 4.71. The fourth-order valence-electron chi connectivity index (χ4n) is 4.94. The molecule has 0 aliphatic heterocycles. The molecule has 2 aromatic heterocycles. The number of fused-ring (bicyclic) bond motifs is 1. The molecule has 8 nitrogen and oxygen atoms in total. The Morgan fingerprint density at radius 1 is 1.05 bits per heavy atom. The quantitative estimate of drug-likeness (QED) is 0.253. The Labute approximate surface area is 230 Å². The molecule has 8 heteroatoms. The monoisotopic (exact) mass is 540 g/mol. The van der Waals surface area contributed by atoms with Gasteiger partial charge in [-0.15, -0.1) is 0 Å². The summed E-state index contributed by atoms with van der Waals surface area (Å²) in [6.07, 6.45) is 4.07. The number of ether oxygens (including phenoxy) is 3. The Bertz CT molecular complexity index is 1750. The van der Waals surface area contributed by atoms with Crippen molar-refractivity contribution in [3.05, 3.63) is 99.0 Å². The van der Waals surface area contributed by atoms with Crippen molar-refractivity contribution in [2.45, 2.75) is 19.8 Å². The standard InChI is InChI=1S/C32H28O8/c1-5-38-32(35)28-18(2)13-26-30(29(28)23-11-9-21(36-3)15-25(23)37-4)31(34)27(40-26)16-22-10-12-24(39-22)20-8-6-7-19(14-20)17-33/h6-17,29,34H,5H2,1-4H3. The Balaban J connectivity index is 1.66. The third-order valence-corrected chi connectivity index (χ3v) is 6.78. The Hall–Kier alpha value is -4.98. The van der Waals surface area contributed by atoms with Crippen LogP contribution in [-0.2, 0) is 9.53 Å². The number of hydrogen-bond donors (Lipinski definition) is 1. The molecule has 1 aliphatic rings. The van der Waals surface area contributed by atoms with Gasteiger partial charge in [-0.3, -0.25) is 4.79 Å². The van der Waals surface area contributed by atoms with Gasteiger partial charge in [0.05, 0.1) is 37.9 Å². The van der Waals surface area contributed by atoms with E-state index in [1.165, 1.54) is 7.11 Å². The predicted molar refractivity (Wildman–Crippen MR) is 148 cm³/mol. The van der Waals surface area contributed by atoms with E-state index in [0.717, 1.165) is 11.8 Å². The highest BCUT2D eigenvalue weighted by Crippen LogP contribution is 2.43. The van der Waals surface area contributed by atoms with Crippen molar-refractivity contribution in [3.8, 4) is 28.6 Å². The van der Waals surface area contributed by atoms with Crippen LogP contribution >= 0.6 is 0 Å². The molecular weight excluding hydrogens is 512 g/mol. The molecule has 0 saturated carbocycles. The number of furan rings is 2. The van der Waals surface area contributed by atoms with E-state index in [1.54, 1.807) is 81.6 Å². The van der Waals surface area contributed by atoms with Gasteiger partial charge < -0.3 is 28.2 Å². The lowest BCUT2D eigenvalue weighted by Crippen LogP contribution is -2.25. The van der Waals surface area contributed by atoms with Gasteiger partial charge in [-0.2, -0.15) is 0 Å². The average Bonchev–Trinajstić information content (AvgIpc) is 3.56. The lowest BCUT2D eigenvalue weighted by Gasteiger charge is -2.25. The summed E-state index contributed by atoms with van der Waals surface area (Å²) < 4.78 is 28.5. The van der Waals surface area contributed by atoms with Crippen LogP contribution < -0.4 is 20.3 Å². The van der Waals surface area contributed by atoms with E-state index in [1.807, 2.05) is 6.07 Å². The molecule has 40 heavy (non-hydrogen) atoms. The van der Waals surface area contributed by atoms with Crippen LogP contribution in [0.3, 0.4) is 0 Å². The maximum absolute atomic E-state index is 13.2. The number of carbonyl (C=O) groups excluding carboxylic acids is 2. The molecule has 1 atom stereocenters. The van der Waals surface area contributed by atoms with E-state index in [9.17, 15) is 14.7 Å². The number of aromatic hydroxyl groups is 1. The molecule has 0 radical (unpaired) electrons. The molecule has 0 saturated heterocycles. The summed E-state index contributed by atoms with van der Waals surface area (Å²) in [6, 6.07) is 15.9. The summed E-state index contributed by atoms with van der Waals surface area (Å²) >= 11 is 0. The van der Waals surface area contributed by atoms with Crippen LogP contribution in [0.5, 0.6) is 17.2 Å². The third kappa shape index (κ3) is 4.80. The fraction of sp³-hybridized carbons (Fsp3) is 0.188. The van der Waals surface area contributed by atoms with E-state index in [-0.39, 0.29) is 17.8 Å². The van der Waals surface area contributed by atoms with Gasteiger partial charge in [0.15, 0.2) is 11.2 Å². The maximum Gasteiger partial charge on any atom is 0.335 e. The molecule has 1 unspecified atom stereocenters. The average molecular weight is 541 g/mol. The number of rotatable bonds is 8. The molecule has 0 bridgehead atoms. The molecule has 0 fully saturated rings. The van der Waals surface area contributed by atoms with Crippen LogP contribution in [0.2, 0.25) is 0 Å². The van der Waals surface area contributed by atoms with E-state index in [0.29, 0.717) is 56.3 Å². The molecule has 4 aromatic rings. The van der Waals surface area contributed by atoms with E-state index in [2.05, 4.69) is 0 Å². The summed E-state index contributed by atoms with van der Waals surface area (Å²) in [5.41, 5.74) is 3.91. The number of esters is 1. The minimum absolute atomic E-state index is 0.135. The Morgan fingerprint density at radius 3 is 2.60 bits per heavy atom. The molecule has 5 rings (SSSR count). The van der Waals surface area contributed by atoms with Crippen LogP contribution in [0.4, 0.5) is 0 Å². The summed E-state index contributed by atoms with van der Waals surface area (Å²) in [5.74, 6) is 0.685. The van der Waals surface area contributed by atoms with E-state index in [4.69, 9.17) is 23.0 Å². The first-order chi connectivity index (χ1) is 19.4. The zero-order chi connectivity index (χ0) is 28.4. The number of aldehydes is 1. The molecule has 204 valence electrons. The highest BCUT2D eigenvalue weighted by Gasteiger charge is 2.36. The van der Waals surface area contributed by atoms with Crippen LogP contribution in [-0.4, -0.2) is 38.2 Å². The first-order valence-corrected chi connectivity index (χ1v) is 12.7. The van der Waals surface area contributed by atoms with Crippen LogP contribution in [0.15, 0.2) is 74.6 Å². The van der Waals surface area contributed by atoms with Gasteiger partial charge in [0.1, 0.15) is 34.7 Å². The van der Waals surface area contributed by atoms with Crippen LogP contribution in [0.25, 0.3) is 23.5 Å². The lowest BCUT2D eigenvalue weighted by molar-refractivity contribution is -0.138. The second kappa shape index (κ2) is 11.0. The van der Waals surface area contributed by atoms with Gasteiger partial charge in [-0.05, 0) is 49.8 Å². The van der Waals surface area contributed by atoms with Gasteiger partial charge >= 0.3 is 5.97 Å². The zero-order valence-electron chi connectivity index (χ0n) is 22.5. The minimum Gasteiger partial charge on any atom is -0.504 e. The largest absolute Gasteiger partial charge is 0.504 e. The topological polar surface area (TPSA) is 108 Å². The highest BCUT2D eigenvalue weighted by atomic mass is 16.5. The molecule has 1 N–H and O–H groups in total. The molecular formula is C32H28O8. The molecule has 0 spiro atoms. The second-order valence-electron chi connectivity index (χ2n) is 9.18. The number of benzene rings is 2. The van der Waals surface area contributed by atoms with Crippen molar-refractivity contribution < 1.29 is 37.7 Å². The van der Waals surface area contributed by atoms with Crippen molar-refractivity contribution in [2.75, 3.05) is 20.8 Å². The van der Waals surface area contributed by atoms with Crippen molar-refractivity contribution in [3.63, 3.8) is 0 Å². The van der Waals surface area contributed by atoms with Gasteiger partial charge in [-0.1, -0.05) is 24.3 Å². The smallest absolute Gasteiger partial charge is 0.335 e. The molecule has 2 aromatic carbocycles. The number of carbonyl (C=O) groups is 2. The molecule has 1 aliphatic carbocycles. The van der Waals surface area contributed by atoms with Crippen molar-refractivity contribution in [1.82, 2.24) is 0 Å². The first kappa shape index (κ1) is 26.6. The number of methoxy groups -OCH3 is 2. The van der Waals surface area contributed by atoms with Gasteiger partial charge in [0.2, 0.25) is 0 Å². The van der Waals surface area contributed by atoms with E-state index >= 15 is 0 Å². The molecule has 2 heterocycles. The number of allylic oxidation sites excluding steroid dienone is 1. The van der Waals surface area contributed by atoms with Gasteiger partial charge in [0, 0.05) is 28.8 Å². The summed E-state index contributed by atoms with van der Waals surface area (Å²) in [7, 11) is 3.09. The first-order valence-electron chi connectivity index (χ1n) is 12.7. The molecule has 0 amide bonds. The van der Waals surface area contributed by atoms with E-state index < -0.39 is 11.9 Å². The van der Waals surface area contributed by atoms with Crippen molar-refractivity contribution in [2.24, 2.45) is 0 Å². The van der Waals surface area contributed by atoms with Crippen LogP contribution in [0, 0.1) is 0 Å². The van der Waals surface area contributed by atoms with Gasteiger partial charge in [0.25, 0.3) is 0 Å². The fourth-order valence-corrected chi connectivity index (χ4v) is 4.94.